The summed E-state index contributed by atoms with van der Waals surface area (Å²) < 4.78 is 40.2. The maximum atomic E-state index is 11.9. The summed E-state index contributed by atoms with van der Waals surface area (Å²) in [5, 5.41) is 2.84. The molecule has 1 rings (SSSR count). The molecule has 0 radical (unpaired) electrons. The molecule has 0 spiro atoms. The number of alkyl halides is 3. The number of piperazine rings is 1. The number of urea groups is 1. The molecule has 1 saturated heterocycles. The fourth-order valence-corrected chi connectivity index (χ4v) is 2.09. The van der Waals surface area contributed by atoms with Crippen LogP contribution in [-0.4, -0.2) is 74.0 Å². The molecule has 0 unspecified atom stereocenters. The van der Waals surface area contributed by atoms with Gasteiger partial charge in [0.25, 0.3) is 0 Å². The molecule has 0 bridgehead atoms. The average molecular weight is 311 g/mol. The van der Waals surface area contributed by atoms with Gasteiger partial charge < -0.3 is 15.0 Å². The maximum absolute atomic E-state index is 11.9. The van der Waals surface area contributed by atoms with E-state index in [1.165, 1.54) is 0 Å². The number of ether oxygens (including phenoxy) is 1. The molecule has 8 heteroatoms. The molecule has 1 heterocycles. The van der Waals surface area contributed by atoms with Crippen LogP contribution in [0.2, 0.25) is 0 Å². The Bertz CT molecular complexity index is 316. The van der Waals surface area contributed by atoms with Gasteiger partial charge >= 0.3 is 12.2 Å². The summed E-state index contributed by atoms with van der Waals surface area (Å²) in [6.45, 7) is 6.20. The Morgan fingerprint density at radius 2 is 1.86 bits per heavy atom. The van der Waals surface area contributed by atoms with Crippen molar-refractivity contribution in [1.29, 1.82) is 0 Å². The first-order valence-electron chi connectivity index (χ1n) is 7.20. The Balaban J connectivity index is 2.09. The Labute approximate surface area is 123 Å². The van der Waals surface area contributed by atoms with E-state index >= 15 is 0 Å². The zero-order chi connectivity index (χ0) is 15.9. The van der Waals surface area contributed by atoms with Gasteiger partial charge in [0.05, 0.1) is 0 Å². The fourth-order valence-electron chi connectivity index (χ4n) is 2.09. The summed E-state index contributed by atoms with van der Waals surface area (Å²) in [7, 11) is 0. The smallest absolute Gasteiger partial charge is 0.372 e. The van der Waals surface area contributed by atoms with Crippen LogP contribution in [0.15, 0.2) is 0 Å². The van der Waals surface area contributed by atoms with E-state index in [2.05, 4.69) is 15.0 Å². The van der Waals surface area contributed by atoms with Gasteiger partial charge in [-0.2, -0.15) is 13.2 Å². The topological polar surface area (TPSA) is 44.8 Å². The van der Waals surface area contributed by atoms with Crippen molar-refractivity contribution in [2.75, 3.05) is 45.9 Å². The van der Waals surface area contributed by atoms with Crippen molar-refractivity contribution in [3.8, 4) is 0 Å². The highest BCUT2D eigenvalue weighted by atomic mass is 19.4. The van der Waals surface area contributed by atoms with E-state index in [4.69, 9.17) is 0 Å². The first kappa shape index (κ1) is 18.0. The number of rotatable bonds is 6. The molecular weight excluding hydrogens is 287 g/mol. The van der Waals surface area contributed by atoms with Gasteiger partial charge in [0.1, 0.15) is 6.61 Å². The van der Waals surface area contributed by atoms with Crippen LogP contribution in [0.5, 0.6) is 0 Å². The van der Waals surface area contributed by atoms with Gasteiger partial charge in [-0.15, -0.1) is 0 Å². The second-order valence-electron chi connectivity index (χ2n) is 5.45. The minimum absolute atomic E-state index is 0.0573. The fraction of sp³-hybridized carbons (Fsp3) is 0.923. The molecule has 21 heavy (non-hydrogen) atoms. The number of carbonyl (C=O) groups excluding carboxylic acids is 1. The van der Waals surface area contributed by atoms with Crippen molar-refractivity contribution in [2.24, 2.45) is 0 Å². The second kappa shape index (κ2) is 8.43. The zero-order valence-corrected chi connectivity index (χ0v) is 12.6. The predicted octanol–water partition coefficient (Wildman–Crippen LogP) is 1.69. The highest BCUT2D eigenvalue weighted by Gasteiger charge is 2.27. The van der Waals surface area contributed by atoms with Crippen molar-refractivity contribution in [3.63, 3.8) is 0 Å². The van der Waals surface area contributed by atoms with E-state index in [1.807, 2.05) is 13.8 Å². The van der Waals surface area contributed by atoms with Gasteiger partial charge in [0.15, 0.2) is 0 Å². The van der Waals surface area contributed by atoms with Crippen LogP contribution in [0.4, 0.5) is 18.0 Å². The molecule has 1 aliphatic rings. The van der Waals surface area contributed by atoms with Crippen molar-refractivity contribution < 1.29 is 22.7 Å². The van der Waals surface area contributed by atoms with Gasteiger partial charge in [-0.05, 0) is 20.3 Å². The summed E-state index contributed by atoms with van der Waals surface area (Å²) in [5.74, 6) is 0. The summed E-state index contributed by atoms with van der Waals surface area (Å²) in [4.78, 5) is 15.7. The molecule has 1 aliphatic heterocycles. The lowest BCUT2D eigenvalue weighted by Crippen LogP contribution is -2.52. The molecule has 0 aromatic heterocycles. The minimum Gasteiger partial charge on any atom is -0.372 e. The van der Waals surface area contributed by atoms with E-state index in [0.29, 0.717) is 26.1 Å². The Kier molecular flexibility index (Phi) is 7.24. The standard InChI is InChI=1S/C13H24F3N3O2/c1-11(2)17-12(20)19-7-5-18(6-8-19)4-3-9-21-10-13(14,15)16/h11H,3-10H2,1-2H3,(H,17,20). The number of nitrogens with one attached hydrogen (secondary N) is 1. The van der Waals surface area contributed by atoms with Crippen LogP contribution in [0.25, 0.3) is 0 Å². The number of amides is 2. The lowest BCUT2D eigenvalue weighted by Gasteiger charge is -2.35. The summed E-state index contributed by atoms with van der Waals surface area (Å²) in [5.41, 5.74) is 0. The van der Waals surface area contributed by atoms with Gasteiger partial charge in [-0.1, -0.05) is 0 Å². The number of hydrogen-bond donors (Lipinski definition) is 1. The van der Waals surface area contributed by atoms with Crippen LogP contribution in [-0.2, 0) is 4.74 Å². The molecule has 0 saturated carbocycles. The highest BCUT2D eigenvalue weighted by molar-refractivity contribution is 5.74. The second-order valence-corrected chi connectivity index (χ2v) is 5.45. The van der Waals surface area contributed by atoms with Gasteiger partial charge in [-0.25, -0.2) is 4.79 Å². The third-order valence-corrected chi connectivity index (χ3v) is 3.10. The quantitative estimate of drug-likeness (QED) is 0.759. The molecular formula is C13H24F3N3O2. The first-order chi connectivity index (χ1) is 9.78. The van der Waals surface area contributed by atoms with E-state index < -0.39 is 12.8 Å². The van der Waals surface area contributed by atoms with Crippen molar-refractivity contribution in [1.82, 2.24) is 15.1 Å². The number of hydrogen-bond acceptors (Lipinski definition) is 3. The van der Waals surface area contributed by atoms with Gasteiger partial charge in [-0.3, -0.25) is 4.90 Å². The van der Waals surface area contributed by atoms with Crippen molar-refractivity contribution >= 4 is 6.03 Å². The summed E-state index contributed by atoms with van der Waals surface area (Å²) in [6.07, 6.45) is -3.69. The predicted molar refractivity (Wildman–Crippen MR) is 73.2 cm³/mol. The third kappa shape index (κ3) is 8.11. The van der Waals surface area contributed by atoms with Crippen molar-refractivity contribution in [3.05, 3.63) is 0 Å². The SMILES string of the molecule is CC(C)NC(=O)N1CCN(CCCOCC(F)(F)F)CC1. The van der Waals surface area contributed by atoms with Gasteiger partial charge in [0.2, 0.25) is 0 Å². The molecule has 5 nitrogen and oxygen atoms in total. The normalized spacial score (nSPS) is 17.3. The maximum Gasteiger partial charge on any atom is 0.411 e. The van der Waals surface area contributed by atoms with Crippen molar-refractivity contribution in [2.45, 2.75) is 32.5 Å². The molecule has 2 amide bonds. The minimum atomic E-state index is -4.25. The lowest BCUT2D eigenvalue weighted by atomic mass is 10.3. The number of halogens is 3. The Morgan fingerprint density at radius 3 is 2.38 bits per heavy atom. The van der Waals surface area contributed by atoms with E-state index in [-0.39, 0.29) is 18.7 Å². The first-order valence-corrected chi connectivity index (χ1v) is 7.20. The third-order valence-electron chi connectivity index (χ3n) is 3.10. The lowest BCUT2D eigenvalue weighted by molar-refractivity contribution is -0.174. The van der Waals surface area contributed by atoms with Crippen LogP contribution >= 0.6 is 0 Å². The van der Waals surface area contributed by atoms with E-state index in [9.17, 15) is 18.0 Å². The number of nitrogens with zero attached hydrogens (tertiary/aromatic N) is 2. The molecule has 0 atom stereocenters. The van der Waals surface area contributed by atoms with Crippen LogP contribution < -0.4 is 5.32 Å². The number of carbonyl (C=O) groups is 1. The Hall–Kier alpha value is -1.02. The van der Waals surface area contributed by atoms with Crippen LogP contribution in [0, 0.1) is 0 Å². The molecule has 0 aliphatic carbocycles. The molecule has 1 fully saturated rings. The molecule has 124 valence electrons. The van der Waals surface area contributed by atoms with E-state index in [1.54, 1.807) is 4.90 Å². The summed E-state index contributed by atoms with van der Waals surface area (Å²) >= 11 is 0. The monoisotopic (exact) mass is 311 g/mol. The zero-order valence-electron chi connectivity index (χ0n) is 12.6. The van der Waals surface area contributed by atoms with E-state index in [0.717, 1.165) is 13.1 Å². The Morgan fingerprint density at radius 1 is 1.24 bits per heavy atom. The van der Waals surface area contributed by atoms with Gasteiger partial charge in [0, 0.05) is 45.4 Å². The highest BCUT2D eigenvalue weighted by Crippen LogP contribution is 2.14. The van der Waals surface area contributed by atoms with Crippen LogP contribution in [0.1, 0.15) is 20.3 Å². The molecule has 0 aromatic carbocycles. The summed E-state index contributed by atoms with van der Waals surface area (Å²) in [6, 6.07) is 0.0551. The van der Waals surface area contributed by atoms with Crippen LogP contribution in [0.3, 0.4) is 0 Å². The molecule has 0 aromatic rings. The average Bonchev–Trinajstić information content (AvgIpc) is 2.37. The molecule has 1 N–H and O–H groups in total. The largest absolute Gasteiger partial charge is 0.411 e.